The molecule has 0 aromatic carbocycles. The van der Waals surface area contributed by atoms with E-state index in [0.717, 1.165) is 11.3 Å². The van der Waals surface area contributed by atoms with Gasteiger partial charge in [0, 0.05) is 11.3 Å². The summed E-state index contributed by atoms with van der Waals surface area (Å²) in [6.07, 6.45) is 0. The first-order valence-electron chi connectivity index (χ1n) is 3.72. The van der Waals surface area contributed by atoms with Crippen LogP contribution in [0, 0.1) is 34.6 Å². The van der Waals surface area contributed by atoms with Gasteiger partial charge in [-0.2, -0.15) is 0 Å². The van der Waals surface area contributed by atoms with E-state index in [0.29, 0.717) is 9.26 Å². The summed E-state index contributed by atoms with van der Waals surface area (Å²) < 4.78 is 0.461. The molecule has 70 valence electrons. The van der Waals surface area contributed by atoms with Crippen LogP contribution in [0.3, 0.4) is 0 Å². The number of nitro groups is 1. The van der Waals surface area contributed by atoms with Crippen molar-refractivity contribution in [3.8, 4) is 0 Å². The molecule has 13 heavy (non-hydrogen) atoms. The first kappa shape index (κ1) is 10.4. The van der Waals surface area contributed by atoms with Crippen molar-refractivity contribution in [2.75, 3.05) is 0 Å². The normalized spacial score (nSPS) is 10.2. The fraction of sp³-hybridized carbons (Fsp3) is 0.375. The summed E-state index contributed by atoms with van der Waals surface area (Å²) in [5, 5.41) is 10.7. The van der Waals surface area contributed by atoms with E-state index in [9.17, 15) is 10.1 Å². The van der Waals surface area contributed by atoms with Crippen molar-refractivity contribution in [1.29, 1.82) is 0 Å². The van der Waals surface area contributed by atoms with Crippen molar-refractivity contribution < 1.29 is 4.92 Å². The van der Waals surface area contributed by atoms with Crippen LogP contribution in [0.25, 0.3) is 0 Å². The van der Waals surface area contributed by atoms with Gasteiger partial charge in [-0.1, -0.05) is 0 Å². The maximum Gasteiger partial charge on any atom is 0.304 e. The maximum absolute atomic E-state index is 10.7. The minimum absolute atomic E-state index is 0.128. The molecule has 0 radical (unpaired) electrons. The smallest absolute Gasteiger partial charge is 0.258 e. The fourth-order valence-corrected chi connectivity index (χ4v) is 2.06. The molecule has 0 aliphatic rings. The monoisotopic (exact) mass is 292 g/mol. The van der Waals surface area contributed by atoms with Gasteiger partial charge in [0.05, 0.1) is 4.92 Å². The Morgan fingerprint density at radius 1 is 1.31 bits per heavy atom. The Hall–Kier alpha value is -0.720. The molecule has 0 amide bonds. The molecule has 0 spiro atoms. The van der Waals surface area contributed by atoms with E-state index in [1.54, 1.807) is 6.92 Å². The minimum atomic E-state index is -0.378. The molecule has 4 nitrogen and oxygen atoms in total. The highest BCUT2D eigenvalue weighted by molar-refractivity contribution is 14.1. The number of rotatable bonds is 1. The summed E-state index contributed by atoms with van der Waals surface area (Å²) in [5.74, 6) is 0. The first-order chi connectivity index (χ1) is 5.95. The molecule has 1 aromatic heterocycles. The van der Waals surface area contributed by atoms with Crippen LogP contribution in [-0.4, -0.2) is 9.91 Å². The van der Waals surface area contributed by atoms with Gasteiger partial charge in [0.1, 0.15) is 0 Å². The second-order valence-electron chi connectivity index (χ2n) is 2.84. The second-order valence-corrected chi connectivity index (χ2v) is 3.87. The largest absolute Gasteiger partial charge is 0.304 e. The van der Waals surface area contributed by atoms with E-state index in [1.807, 2.05) is 36.4 Å². The second kappa shape index (κ2) is 3.57. The molecular weight excluding hydrogens is 283 g/mol. The number of hydrogen-bond acceptors (Lipinski definition) is 3. The fourth-order valence-electron chi connectivity index (χ4n) is 1.10. The van der Waals surface area contributed by atoms with Gasteiger partial charge in [0.2, 0.25) is 0 Å². The molecule has 0 fully saturated rings. The lowest BCUT2D eigenvalue weighted by molar-refractivity contribution is -0.386. The molecular formula is C8H9IN2O2. The zero-order valence-corrected chi connectivity index (χ0v) is 9.75. The van der Waals surface area contributed by atoms with Crippen molar-refractivity contribution in [2.24, 2.45) is 0 Å². The van der Waals surface area contributed by atoms with Crippen molar-refractivity contribution in [1.82, 2.24) is 4.98 Å². The zero-order chi connectivity index (χ0) is 10.2. The van der Waals surface area contributed by atoms with Gasteiger partial charge in [-0.25, -0.2) is 4.98 Å². The van der Waals surface area contributed by atoms with Gasteiger partial charge < -0.3 is 0 Å². The molecule has 1 rings (SSSR count). The number of hydrogen-bond donors (Lipinski definition) is 0. The predicted octanol–water partition coefficient (Wildman–Crippen LogP) is 2.52. The van der Waals surface area contributed by atoms with Gasteiger partial charge in [-0.05, 0) is 48.9 Å². The number of pyridine rings is 1. The molecule has 0 atom stereocenters. The summed E-state index contributed by atoms with van der Waals surface area (Å²) >= 11 is 1.89. The number of aromatic nitrogens is 1. The van der Waals surface area contributed by atoms with Crippen LogP contribution < -0.4 is 0 Å². The van der Waals surface area contributed by atoms with E-state index in [1.165, 1.54) is 0 Å². The van der Waals surface area contributed by atoms with Gasteiger partial charge >= 0.3 is 5.69 Å². The third-order valence-corrected chi connectivity index (χ3v) is 2.86. The van der Waals surface area contributed by atoms with E-state index in [4.69, 9.17) is 0 Å². The van der Waals surface area contributed by atoms with Gasteiger partial charge in [-0.3, -0.25) is 10.1 Å². The highest BCUT2D eigenvalue weighted by Crippen LogP contribution is 2.26. The van der Waals surface area contributed by atoms with E-state index >= 15 is 0 Å². The molecule has 0 saturated heterocycles. The standard InChI is InChI=1S/C8H9IN2O2/c1-4-5(2)7(11(12)13)8(9)10-6(4)3/h1-3H3. The van der Waals surface area contributed by atoms with Crippen LogP contribution in [0.2, 0.25) is 0 Å². The van der Waals surface area contributed by atoms with Crippen molar-refractivity contribution in [2.45, 2.75) is 20.8 Å². The molecule has 0 aliphatic carbocycles. The summed E-state index contributed by atoms with van der Waals surface area (Å²) in [4.78, 5) is 14.4. The molecule has 0 aliphatic heterocycles. The SMILES string of the molecule is Cc1nc(I)c([N+](=O)[O-])c(C)c1C. The van der Waals surface area contributed by atoms with Crippen LogP contribution in [0.5, 0.6) is 0 Å². The zero-order valence-electron chi connectivity index (χ0n) is 7.59. The first-order valence-corrected chi connectivity index (χ1v) is 4.80. The molecule has 0 saturated carbocycles. The van der Waals surface area contributed by atoms with Gasteiger partial charge in [-0.15, -0.1) is 0 Å². The Kier molecular flexibility index (Phi) is 2.84. The average molecular weight is 292 g/mol. The van der Waals surface area contributed by atoms with E-state index in [2.05, 4.69) is 4.98 Å². The number of aryl methyl sites for hydroxylation is 1. The Morgan fingerprint density at radius 3 is 2.31 bits per heavy atom. The van der Waals surface area contributed by atoms with Crippen LogP contribution in [0.4, 0.5) is 5.69 Å². The highest BCUT2D eigenvalue weighted by Gasteiger charge is 2.19. The average Bonchev–Trinajstić information content (AvgIpc) is 1.99. The third kappa shape index (κ3) is 1.79. The van der Waals surface area contributed by atoms with Gasteiger partial charge in [0.25, 0.3) is 0 Å². The predicted molar refractivity (Wildman–Crippen MR) is 57.8 cm³/mol. The molecule has 0 bridgehead atoms. The van der Waals surface area contributed by atoms with Crippen LogP contribution in [-0.2, 0) is 0 Å². The Bertz CT molecular complexity index is 377. The molecule has 0 unspecified atom stereocenters. The maximum atomic E-state index is 10.7. The Balaban J connectivity index is 3.53. The van der Waals surface area contributed by atoms with Crippen molar-refractivity contribution in [3.05, 3.63) is 30.6 Å². The summed E-state index contributed by atoms with van der Waals surface area (Å²) in [6, 6.07) is 0. The number of halogens is 1. The van der Waals surface area contributed by atoms with Crippen molar-refractivity contribution in [3.63, 3.8) is 0 Å². The van der Waals surface area contributed by atoms with Crippen LogP contribution in [0.1, 0.15) is 16.8 Å². The molecule has 1 heterocycles. The van der Waals surface area contributed by atoms with Gasteiger partial charge in [0.15, 0.2) is 3.70 Å². The lowest BCUT2D eigenvalue weighted by Crippen LogP contribution is -2.02. The topological polar surface area (TPSA) is 56.0 Å². The van der Waals surface area contributed by atoms with Crippen LogP contribution >= 0.6 is 22.6 Å². The minimum Gasteiger partial charge on any atom is -0.258 e. The molecule has 1 aromatic rings. The molecule has 5 heteroatoms. The Morgan fingerprint density at radius 2 is 1.85 bits per heavy atom. The summed E-state index contributed by atoms with van der Waals surface area (Å²) in [6.45, 7) is 5.46. The highest BCUT2D eigenvalue weighted by atomic mass is 127. The van der Waals surface area contributed by atoms with E-state index in [-0.39, 0.29) is 10.6 Å². The third-order valence-electron chi connectivity index (χ3n) is 2.10. The summed E-state index contributed by atoms with van der Waals surface area (Å²) in [5.41, 5.74) is 2.59. The lowest BCUT2D eigenvalue weighted by Gasteiger charge is -2.05. The van der Waals surface area contributed by atoms with Crippen LogP contribution in [0.15, 0.2) is 0 Å². The lowest BCUT2D eigenvalue weighted by atomic mass is 10.1. The van der Waals surface area contributed by atoms with E-state index < -0.39 is 0 Å². The Labute approximate surface area is 89.7 Å². The van der Waals surface area contributed by atoms with Crippen molar-refractivity contribution >= 4 is 28.3 Å². The number of nitrogens with zero attached hydrogens (tertiary/aromatic N) is 2. The molecule has 0 N–H and O–H groups in total. The quantitative estimate of drug-likeness (QED) is 0.346. The summed E-state index contributed by atoms with van der Waals surface area (Å²) in [7, 11) is 0.